The average molecular weight is 479 g/mol. The van der Waals surface area contributed by atoms with E-state index in [4.69, 9.17) is 9.72 Å². The second-order valence-corrected chi connectivity index (χ2v) is 10.3. The summed E-state index contributed by atoms with van der Waals surface area (Å²) < 4.78 is 5.48. The van der Waals surface area contributed by atoms with Gasteiger partial charge in [-0.1, -0.05) is 18.7 Å². The number of ether oxygens (including phenoxy) is 1. The summed E-state index contributed by atoms with van der Waals surface area (Å²) in [6, 6.07) is 11.9. The number of thiazole rings is 1. The van der Waals surface area contributed by atoms with E-state index in [1.54, 1.807) is 0 Å². The summed E-state index contributed by atoms with van der Waals surface area (Å²) in [5.74, 6) is 1.27. The molecule has 2 atom stereocenters. The normalized spacial score (nSPS) is 15.9. The van der Waals surface area contributed by atoms with Gasteiger partial charge in [-0.3, -0.25) is 4.79 Å². The smallest absolute Gasteiger partial charge is 0.239 e. The predicted octanol–water partition coefficient (Wildman–Crippen LogP) is 5.72. The Labute approximate surface area is 202 Å². The summed E-state index contributed by atoms with van der Waals surface area (Å²) >= 11 is 2.71. The van der Waals surface area contributed by atoms with Crippen LogP contribution in [0.4, 0.5) is 5.13 Å². The van der Waals surface area contributed by atoms with Crippen molar-refractivity contribution >= 4 is 34.1 Å². The number of thioether (sulfide) groups is 1. The summed E-state index contributed by atoms with van der Waals surface area (Å²) in [6.07, 6.45) is 2.98. The van der Waals surface area contributed by atoms with Crippen molar-refractivity contribution in [2.45, 2.75) is 50.3 Å². The molecule has 3 aromatic rings. The minimum absolute atomic E-state index is 0.162. The Kier molecular flexibility index (Phi) is 7.31. The number of hydrogen-bond acceptors (Lipinski definition) is 7. The first-order valence-corrected chi connectivity index (χ1v) is 12.8. The summed E-state index contributed by atoms with van der Waals surface area (Å²) in [5, 5.41) is 15.2. The molecule has 8 heteroatoms. The van der Waals surface area contributed by atoms with E-state index in [2.05, 4.69) is 23.3 Å². The Balaban J connectivity index is 1.42. The maximum Gasteiger partial charge on any atom is 0.239 e. The number of benzene rings is 1. The van der Waals surface area contributed by atoms with E-state index in [9.17, 15) is 10.1 Å². The van der Waals surface area contributed by atoms with E-state index in [0.29, 0.717) is 28.2 Å². The molecule has 0 spiro atoms. The summed E-state index contributed by atoms with van der Waals surface area (Å²) in [5.41, 5.74) is 4.53. The van der Waals surface area contributed by atoms with Crippen molar-refractivity contribution in [1.82, 2.24) is 9.97 Å². The van der Waals surface area contributed by atoms with Crippen molar-refractivity contribution in [3.8, 4) is 23.1 Å². The number of carbonyl (C=O) groups is 1. The Morgan fingerprint density at radius 2 is 2.15 bits per heavy atom. The molecule has 1 aromatic carbocycles. The van der Waals surface area contributed by atoms with Gasteiger partial charge in [0.15, 0.2) is 5.13 Å². The molecule has 2 aromatic heterocycles. The van der Waals surface area contributed by atoms with Crippen molar-refractivity contribution in [3.05, 3.63) is 52.5 Å². The highest BCUT2D eigenvalue weighted by Gasteiger charge is 2.23. The van der Waals surface area contributed by atoms with E-state index in [0.717, 1.165) is 47.5 Å². The third-order valence-corrected chi connectivity index (χ3v) is 7.43. The largest absolute Gasteiger partial charge is 0.494 e. The van der Waals surface area contributed by atoms with Crippen LogP contribution in [0.15, 0.2) is 40.7 Å². The maximum atomic E-state index is 12.8. The highest BCUT2D eigenvalue weighted by molar-refractivity contribution is 8.00. The lowest BCUT2D eigenvalue weighted by Gasteiger charge is -2.22. The molecule has 1 amide bonds. The molecule has 1 N–H and O–H groups in total. The fourth-order valence-corrected chi connectivity index (χ4v) is 5.40. The highest BCUT2D eigenvalue weighted by atomic mass is 32.2. The van der Waals surface area contributed by atoms with Crippen molar-refractivity contribution < 1.29 is 9.53 Å². The van der Waals surface area contributed by atoms with Crippen LogP contribution in [0.25, 0.3) is 11.3 Å². The minimum atomic E-state index is -0.414. The topological polar surface area (TPSA) is 87.9 Å². The zero-order valence-electron chi connectivity index (χ0n) is 18.9. The number of fused-ring (bicyclic) bond motifs is 1. The Hall–Kier alpha value is -2.89. The van der Waals surface area contributed by atoms with E-state index in [1.807, 2.05) is 49.6 Å². The number of amides is 1. The number of rotatable bonds is 7. The van der Waals surface area contributed by atoms with Crippen LogP contribution in [-0.4, -0.2) is 27.7 Å². The van der Waals surface area contributed by atoms with Gasteiger partial charge in [0.1, 0.15) is 16.8 Å². The molecule has 2 heterocycles. The second kappa shape index (κ2) is 10.4. The van der Waals surface area contributed by atoms with Crippen LogP contribution in [0.5, 0.6) is 5.75 Å². The lowest BCUT2D eigenvalue weighted by atomic mass is 9.87. The van der Waals surface area contributed by atoms with Crippen molar-refractivity contribution in [3.63, 3.8) is 0 Å². The number of hydrogen-bond donors (Lipinski definition) is 1. The minimum Gasteiger partial charge on any atom is -0.494 e. The van der Waals surface area contributed by atoms with E-state index in [-0.39, 0.29) is 5.91 Å². The molecule has 6 nitrogen and oxygen atoms in total. The molecule has 170 valence electrons. The Morgan fingerprint density at radius 3 is 2.88 bits per heavy atom. The summed E-state index contributed by atoms with van der Waals surface area (Å²) in [6.45, 7) is 6.62. The van der Waals surface area contributed by atoms with Crippen LogP contribution in [0.2, 0.25) is 0 Å². The molecule has 0 fully saturated rings. The molecule has 0 bridgehead atoms. The highest BCUT2D eigenvalue weighted by Crippen LogP contribution is 2.32. The first-order valence-electron chi connectivity index (χ1n) is 11.1. The van der Waals surface area contributed by atoms with Crippen LogP contribution >= 0.6 is 23.1 Å². The summed E-state index contributed by atoms with van der Waals surface area (Å²) in [7, 11) is 0. The van der Waals surface area contributed by atoms with Gasteiger partial charge in [0.05, 0.1) is 23.1 Å². The molecule has 0 aliphatic heterocycles. The molecule has 0 saturated heterocycles. The first-order chi connectivity index (χ1) is 16.0. The standard InChI is InChI=1S/C25H26N4O2S2/c1-4-31-20-8-6-17(7-9-20)22-14-32-25(28-22)29-23(30)16(3)33-24-19(13-26)12-18-11-15(2)5-10-21(18)27-24/h6-9,12,14-16H,4-5,10-11H2,1-3H3,(H,28,29,30). The quantitative estimate of drug-likeness (QED) is 0.437. The first kappa shape index (κ1) is 23.3. The third-order valence-electron chi connectivity index (χ3n) is 5.57. The fourth-order valence-electron chi connectivity index (χ4n) is 3.78. The molecule has 1 aliphatic rings. The Morgan fingerprint density at radius 1 is 1.36 bits per heavy atom. The third kappa shape index (κ3) is 5.55. The van der Waals surface area contributed by atoms with Crippen LogP contribution in [0, 0.1) is 17.2 Å². The molecule has 1 aliphatic carbocycles. The number of carbonyl (C=O) groups excluding carboxylic acids is 1. The number of pyridine rings is 1. The molecule has 0 saturated carbocycles. The monoisotopic (exact) mass is 478 g/mol. The number of nitrogens with one attached hydrogen (secondary N) is 1. The number of nitriles is 1. The maximum absolute atomic E-state index is 12.8. The van der Waals surface area contributed by atoms with Crippen molar-refractivity contribution in [2.24, 2.45) is 5.92 Å². The number of anilines is 1. The zero-order chi connectivity index (χ0) is 23.4. The Bertz CT molecular complexity index is 1180. The summed E-state index contributed by atoms with van der Waals surface area (Å²) in [4.78, 5) is 22.1. The van der Waals surface area contributed by atoms with Gasteiger partial charge in [0.25, 0.3) is 0 Å². The number of aryl methyl sites for hydroxylation is 1. The van der Waals surface area contributed by atoms with E-state index in [1.165, 1.54) is 23.1 Å². The molecule has 4 rings (SSSR count). The van der Waals surface area contributed by atoms with E-state index < -0.39 is 5.25 Å². The van der Waals surface area contributed by atoms with Gasteiger partial charge in [0.2, 0.25) is 5.91 Å². The van der Waals surface area contributed by atoms with Gasteiger partial charge in [-0.05, 0) is 74.9 Å². The molecule has 2 unspecified atom stereocenters. The van der Waals surface area contributed by atoms with Crippen molar-refractivity contribution in [1.29, 1.82) is 5.26 Å². The predicted molar refractivity (Wildman–Crippen MR) is 133 cm³/mol. The van der Waals surface area contributed by atoms with Crippen LogP contribution < -0.4 is 10.1 Å². The van der Waals surface area contributed by atoms with Crippen LogP contribution in [-0.2, 0) is 17.6 Å². The van der Waals surface area contributed by atoms with E-state index >= 15 is 0 Å². The van der Waals surface area contributed by atoms with Crippen LogP contribution in [0.3, 0.4) is 0 Å². The second-order valence-electron chi connectivity index (χ2n) is 8.15. The molecular formula is C25H26N4O2S2. The lowest BCUT2D eigenvalue weighted by Crippen LogP contribution is -2.23. The van der Waals surface area contributed by atoms with Gasteiger partial charge >= 0.3 is 0 Å². The molecular weight excluding hydrogens is 452 g/mol. The van der Waals surface area contributed by atoms with Gasteiger partial charge < -0.3 is 10.1 Å². The zero-order valence-corrected chi connectivity index (χ0v) is 20.6. The fraction of sp³-hybridized carbons (Fsp3) is 0.360. The molecule has 0 radical (unpaired) electrons. The number of nitrogens with zero attached hydrogens (tertiary/aromatic N) is 3. The van der Waals surface area contributed by atoms with Crippen LogP contribution in [0.1, 0.15) is 44.0 Å². The van der Waals surface area contributed by atoms with Gasteiger partial charge in [-0.2, -0.15) is 5.26 Å². The number of aromatic nitrogens is 2. The van der Waals surface area contributed by atoms with Crippen molar-refractivity contribution in [2.75, 3.05) is 11.9 Å². The van der Waals surface area contributed by atoms with Gasteiger partial charge in [-0.25, -0.2) is 9.97 Å². The SMILES string of the molecule is CCOc1ccc(-c2csc(NC(=O)C(C)Sc3nc4c(cc3C#N)CC(C)CC4)n2)cc1. The average Bonchev–Trinajstić information content (AvgIpc) is 3.27. The van der Waals surface area contributed by atoms with Gasteiger partial charge in [-0.15, -0.1) is 11.3 Å². The van der Waals surface area contributed by atoms with Gasteiger partial charge in [0, 0.05) is 16.6 Å². The lowest BCUT2D eigenvalue weighted by molar-refractivity contribution is -0.115. The molecule has 33 heavy (non-hydrogen) atoms.